The number of aryl methyl sites for hydroxylation is 1. The van der Waals surface area contributed by atoms with Crippen LogP contribution in [0.5, 0.6) is 0 Å². The Morgan fingerprint density at radius 1 is 1.30 bits per heavy atom. The van der Waals surface area contributed by atoms with Gasteiger partial charge < -0.3 is 0 Å². The van der Waals surface area contributed by atoms with Crippen LogP contribution in [0.4, 0.5) is 0 Å². The van der Waals surface area contributed by atoms with E-state index in [-0.39, 0.29) is 0 Å². The third-order valence-electron chi connectivity index (χ3n) is 3.78. The van der Waals surface area contributed by atoms with Crippen LogP contribution >= 0.6 is 11.3 Å². The molecule has 0 saturated carbocycles. The van der Waals surface area contributed by atoms with Gasteiger partial charge >= 0.3 is 5.65 Å². The lowest BCUT2D eigenvalue weighted by Gasteiger charge is -1.92. The number of hydrogen-bond donors (Lipinski definition) is 0. The van der Waals surface area contributed by atoms with Crippen molar-refractivity contribution < 1.29 is 8.68 Å². The molecule has 20 heavy (non-hydrogen) atoms. The molecule has 0 aromatic carbocycles. The van der Waals surface area contributed by atoms with Crippen molar-refractivity contribution in [2.75, 3.05) is 0 Å². The largest absolute Gasteiger partial charge is 0.302 e. The van der Waals surface area contributed by atoms with Gasteiger partial charge in [0.2, 0.25) is 10.7 Å². The molecule has 1 aliphatic rings. The summed E-state index contributed by atoms with van der Waals surface area (Å²) in [5.74, 6) is 0. The lowest BCUT2D eigenvalue weighted by Crippen LogP contribution is -2.32. The number of hydrogen-bond acceptors (Lipinski definition) is 3. The van der Waals surface area contributed by atoms with Crippen molar-refractivity contribution in [3.63, 3.8) is 0 Å². The molecule has 0 fully saturated rings. The maximum atomic E-state index is 7.95. The summed E-state index contributed by atoms with van der Waals surface area (Å²) in [5.41, 5.74) is 3.28. The topological polar surface area (TPSA) is 34.6 Å². The number of fused-ring (bicyclic) bond motifs is 7. The Hall–Kier alpha value is -2.27. The standard InChI is InChI=1S/C15H11N4S/c1-18-13-10(5-3-7-17-13)12-14(18)19-8-9-4-2-6-16-11(9)15(19)20-12/h2-7H,8H2,1H3/q+1/i1D3. The number of nitrogens with zero attached hydrogens (tertiary/aromatic N) is 4. The van der Waals surface area contributed by atoms with Crippen molar-refractivity contribution in [2.45, 2.75) is 6.54 Å². The zero-order chi connectivity index (χ0) is 15.8. The molecule has 5 heterocycles. The molecule has 1 aliphatic heterocycles. The smallest absolute Gasteiger partial charge is 0.251 e. The SMILES string of the molecule is [2H]C([2H])([2H])n1c2ncccc2c2sc3[n+](c21)Cc1cccnc1-3. The molecule has 0 radical (unpaired) electrons. The molecule has 5 heteroatoms. The molecule has 0 amide bonds. The van der Waals surface area contributed by atoms with Crippen LogP contribution in [0, 0.1) is 0 Å². The van der Waals surface area contributed by atoms with Gasteiger partial charge in [0.25, 0.3) is 0 Å². The second kappa shape index (κ2) is 3.43. The Morgan fingerprint density at radius 3 is 3.15 bits per heavy atom. The fraction of sp³-hybridized carbons (Fsp3) is 0.133. The van der Waals surface area contributed by atoms with Crippen molar-refractivity contribution in [3.05, 3.63) is 42.2 Å². The fourth-order valence-corrected chi connectivity index (χ4v) is 4.22. The first kappa shape index (κ1) is 8.11. The highest BCUT2D eigenvalue weighted by Gasteiger charge is 2.33. The number of thiazole rings is 1. The van der Waals surface area contributed by atoms with Gasteiger partial charge in [-0.1, -0.05) is 17.4 Å². The second-order valence-corrected chi connectivity index (χ2v) is 5.87. The van der Waals surface area contributed by atoms with Gasteiger partial charge in [-0.2, -0.15) is 0 Å². The van der Waals surface area contributed by atoms with Crippen LogP contribution in [0.3, 0.4) is 0 Å². The summed E-state index contributed by atoms with van der Waals surface area (Å²) in [5, 5.41) is 1.89. The quantitative estimate of drug-likeness (QED) is 0.409. The van der Waals surface area contributed by atoms with Crippen molar-refractivity contribution in [1.29, 1.82) is 0 Å². The summed E-state index contributed by atoms with van der Waals surface area (Å²) < 4.78 is 28.2. The first-order valence-electron chi connectivity index (χ1n) is 7.82. The molecule has 0 spiro atoms. The van der Waals surface area contributed by atoms with E-state index in [1.165, 1.54) is 4.57 Å². The van der Waals surface area contributed by atoms with Gasteiger partial charge in [0.05, 0.1) is 16.5 Å². The van der Waals surface area contributed by atoms with Crippen LogP contribution in [-0.4, -0.2) is 14.5 Å². The van der Waals surface area contributed by atoms with Crippen LogP contribution in [-0.2, 0) is 13.5 Å². The lowest BCUT2D eigenvalue weighted by atomic mass is 10.2. The molecule has 4 aromatic heterocycles. The summed E-state index contributed by atoms with van der Waals surface area (Å²) in [7, 11) is 0. The maximum Gasteiger partial charge on any atom is 0.302 e. The Morgan fingerprint density at radius 2 is 2.20 bits per heavy atom. The van der Waals surface area contributed by atoms with Crippen LogP contribution < -0.4 is 4.57 Å². The monoisotopic (exact) mass is 282 g/mol. The molecular weight excluding hydrogens is 268 g/mol. The Bertz CT molecular complexity index is 1090. The Kier molecular flexibility index (Phi) is 1.39. The molecule has 5 rings (SSSR count). The normalized spacial score (nSPS) is 15.9. The number of aromatic nitrogens is 4. The minimum atomic E-state index is -2.28. The van der Waals surface area contributed by atoms with Crippen LogP contribution in [0.1, 0.15) is 9.68 Å². The highest BCUT2D eigenvalue weighted by atomic mass is 32.1. The predicted octanol–water partition coefficient (Wildman–Crippen LogP) is 2.50. The Balaban J connectivity index is 1.97. The van der Waals surface area contributed by atoms with E-state index >= 15 is 0 Å². The Labute approximate surface area is 123 Å². The average Bonchev–Trinajstić information content (AvgIpc) is 3.13. The molecular formula is C15H11N4S+. The third-order valence-corrected chi connectivity index (χ3v) is 4.99. The van der Waals surface area contributed by atoms with Gasteiger partial charge in [0.15, 0.2) is 0 Å². The zero-order valence-corrected chi connectivity index (χ0v) is 11.2. The second-order valence-electron chi connectivity index (χ2n) is 4.87. The molecule has 96 valence electrons. The van der Waals surface area contributed by atoms with E-state index in [1.54, 1.807) is 23.7 Å². The van der Waals surface area contributed by atoms with Gasteiger partial charge in [-0.3, -0.25) is 4.98 Å². The first-order chi connectivity index (χ1) is 11.1. The third kappa shape index (κ3) is 1.10. The molecule has 0 bridgehead atoms. The lowest BCUT2D eigenvalue weighted by molar-refractivity contribution is -0.644. The van der Waals surface area contributed by atoms with Crippen LogP contribution in [0.2, 0.25) is 0 Å². The van der Waals surface area contributed by atoms with Gasteiger partial charge in [-0.15, -0.1) is 0 Å². The molecule has 0 N–H and O–H groups in total. The predicted molar refractivity (Wildman–Crippen MR) is 78.6 cm³/mol. The van der Waals surface area contributed by atoms with E-state index in [0.29, 0.717) is 17.8 Å². The van der Waals surface area contributed by atoms with Crippen molar-refractivity contribution in [3.8, 4) is 10.7 Å². The van der Waals surface area contributed by atoms with Crippen molar-refractivity contribution in [1.82, 2.24) is 14.5 Å². The van der Waals surface area contributed by atoms with E-state index in [9.17, 15) is 0 Å². The minimum Gasteiger partial charge on any atom is -0.251 e. The van der Waals surface area contributed by atoms with E-state index in [1.807, 2.05) is 28.8 Å². The highest BCUT2D eigenvalue weighted by molar-refractivity contribution is 7.22. The van der Waals surface area contributed by atoms with Gasteiger partial charge in [-0.25, -0.2) is 14.1 Å². The molecule has 0 unspecified atom stereocenters. The van der Waals surface area contributed by atoms with Gasteiger partial charge in [0.1, 0.15) is 16.9 Å². The van der Waals surface area contributed by atoms with Crippen molar-refractivity contribution in [2.24, 2.45) is 6.98 Å². The van der Waals surface area contributed by atoms with E-state index < -0.39 is 6.98 Å². The highest BCUT2D eigenvalue weighted by Crippen LogP contribution is 2.37. The fourth-order valence-electron chi connectivity index (χ4n) is 2.92. The van der Waals surface area contributed by atoms with Gasteiger partial charge in [0, 0.05) is 18.0 Å². The molecule has 0 aliphatic carbocycles. The van der Waals surface area contributed by atoms with Crippen LogP contribution in [0.15, 0.2) is 36.7 Å². The average molecular weight is 282 g/mol. The number of pyridine rings is 2. The zero-order valence-electron chi connectivity index (χ0n) is 13.4. The summed E-state index contributed by atoms with van der Waals surface area (Å²) in [6, 6.07) is 7.72. The molecule has 0 saturated heterocycles. The van der Waals surface area contributed by atoms with E-state index in [2.05, 4.69) is 9.97 Å². The van der Waals surface area contributed by atoms with Crippen molar-refractivity contribution >= 4 is 32.7 Å². The van der Waals surface area contributed by atoms with Gasteiger partial charge in [-0.05, 0) is 18.2 Å². The van der Waals surface area contributed by atoms with E-state index in [4.69, 9.17) is 4.11 Å². The molecule has 4 aromatic rings. The summed E-state index contributed by atoms with van der Waals surface area (Å²) in [6.07, 6.45) is 3.41. The molecule has 4 nitrogen and oxygen atoms in total. The minimum absolute atomic E-state index is 0.507. The van der Waals surface area contributed by atoms with E-state index in [0.717, 1.165) is 26.4 Å². The summed E-state index contributed by atoms with van der Waals surface area (Å²) >= 11 is 1.59. The number of rotatable bonds is 0. The summed E-state index contributed by atoms with van der Waals surface area (Å²) in [6.45, 7) is -1.64. The summed E-state index contributed by atoms with van der Waals surface area (Å²) in [4.78, 5) is 8.78. The van der Waals surface area contributed by atoms with Crippen LogP contribution in [0.25, 0.3) is 32.1 Å². The molecule has 0 atom stereocenters. The maximum absolute atomic E-state index is 7.95. The first-order valence-corrected chi connectivity index (χ1v) is 7.14.